The molecule has 152 valence electrons. The molecule has 1 amide bonds. The lowest BCUT2D eigenvalue weighted by Gasteiger charge is -2.12. The van der Waals surface area contributed by atoms with E-state index in [2.05, 4.69) is 4.40 Å². The van der Waals surface area contributed by atoms with Gasteiger partial charge in [-0.1, -0.05) is 31.2 Å². The number of hydrogen-bond donors (Lipinski definition) is 0. The first kappa shape index (κ1) is 22.0. The van der Waals surface area contributed by atoms with Crippen LogP contribution in [0.1, 0.15) is 25.0 Å². The van der Waals surface area contributed by atoms with Crippen molar-refractivity contribution in [2.75, 3.05) is 6.54 Å². The van der Waals surface area contributed by atoms with Gasteiger partial charge >= 0.3 is 0 Å². The van der Waals surface area contributed by atoms with Crippen LogP contribution in [-0.2, 0) is 21.2 Å². The Morgan fingerprint density at radius 3 is 2.48 bits per heavy atom. The number of hydrogen-bond acceptors (Lipinski definition) is 4. The third-order valence-corrected chi connectivity index (χ3v) is 7.54. The van der Waals surface area contributed by atoms with Crippen molar-refractivity contribution in [1.29, 1.82) is 0 Å². The molecule has 0 N–H and O–H groups in total. The van der Waals surface area contributed by atoms with E-state index in [-0.39, 0.29) is 27.1 Å². The molecule has 29 heavy (non-hydrogen) atoms. The van der Waals surface area contributed by atoms with Gasteiger partial charge in [-0.05, 0) is 77.5 Å². The van der Waals surface area contributed by atoms with E-state index < -0.39 is 21.7 Å². The molecule has 0 bridgehead atoms. The molecule has 0 aliphatic carbocycles. The van der Waals surface area contributed by atoms with E-state index in [1.165, 1.54) is 23.1 Å². The van der Waals surface area contributed by atoms with Gasteiger partial charge in [-0.2, -0.15) is 8.42 Å². The second kappa shape index (κ2) is 8.97. The molecule has 0 saturated carbocycles. The molecule has 1 saturated heterocycles. The number of sulfonamides is 1. The largest absolute Gasteiger partial charge is 0.286 e. The summed E-state index contributed by atoms with van der Waals surface area (Å²) in [4.78, 5) is 14.3. The molecule has 1 fully saturated rings. The van der Waals surface area contributed by atoms with Crippen molar-refractivity contribution in [1.82, 2.24) is 4.90 Å². The fourth-order valence-electron chi connectivity index (χ4n) is 2.68. The van der Waals surface area contributed by atoms with E-state index in [1.54, 1.807) is 37.3 Å². The Bertz CT molecular complexity index is 1110. The van der Waals surface area contributed by atoms with Crippen LogP contribution >= 0.6 is 34.4 Å². The first-order chi connectivity index (χ1) is 13.8. The lowest BCUT2D eigenvalue weighted by molar-refractivity contribution is -0.122. The van der Waals surface area contributed by atoms with Crippen molar-refractivity contribution in [3.63, 3.8) is 0 Å². The molecule has 0 unspecified atom stereocenters. The summed E-state index contributed by atoms with van der Waals surface area (Å²) < 4.78 is 44.0. The van der Waals surface area contributed by atoms with Crippen molar-refractivity contribution < 1.29 is 17.6 Å². The van der Waals surface area contributed by atoms with Crippen LogP contribution in [0, 0.1) is 9.39 Å². The van der Waals surface area contributed by atoms with Crippen molar-refractivity contribution >= 4 is 61.5 Å². The van der Waals surface area contributed by atoms with Gasteiger partial charge in [0.15, 0.2) is 5.17 Å². The molecule has 0 spiro atoms. The number of carbonyl (C=O) groups is 1. The SMILES string of the molecule is CCc1ccc(S(=O)(=O)N=C2S/C(=C\c3cccc(I)c3F)C(=O)N2CC)cc1. The minimum absolute atomic E-state index is 0.0624. The Morgan fingerprint density at radius 2 is 1.86 bits per heavy atom. The predicted molar refractivity (Wildman–Crippen MR) is 123 cm³/mol. The van der Waals surface area contributed by atoms with Gasteiger partial charge in [0.05, 0.1) is 9.80 Å². The maximum Gasteiger partial charge on any atom is 0.284 e. The number of halogens is 2. The van der Waals surface area contributed by atoms with Gasteiger partial charge in [0, 0.05) is 15.7 Å². The smallest absolute Gasteiger partial charge is 0.284 e. The molecule has 0 radical (unpaired) electrons. The summed E-state index contributed by atoms with van der Waals surface area (Å²) in [5.41, 5.74) is 1.28. The monoisotopic (exact) mass is 544 g/mol. The Morgan fingerprint density at radius 1 is 1.17 bits per heavy atom. The maximum absolute atomic E-state index is 14.3. The third kappa shape index (κ3) is 4.72. The number of rotatable bonds is 5. The van der Waals surface area contributed by atoms with Crippen molar-refractivity contribution in [3.05, 3.63) is 67.9 Å². The molecular weight excluding hydrogens is 526 g/mol. The summed E-state index contributed by atoms with van der Waals surface area (Å²) >= 11 is 2.81. The molecule has 2 aromatic rings. The number of likely N-dealkylation sites (N-methyl/N-ethyl adjacent to an activating group) is 1. The van der Waals surface area contributed by atoms with Crippen LogP contribution in [0.5, 0.6) is 0 Å². The molecule has 1 aliphatic rings. The molecule has 0 atom stereocenters. The highest BCUT2D eigenvalue weighted by molar-refractivity contribution is 14.1. The van der Waals surface area contributed by atoms with Gasteiger partial charge in [-0.25, -0.2) is 4.39 Å². The van der Waals surface area contributed by atoms with Crippen molar-refractivity contribution in [2.24, 2.45) is 4.40 Å². The van der Waals surface area contributed by atoms with E-state index in [0.29, 0.717) is 3.57 Å². The molecule has 3 rings (SSSR count). The van der Waals surface area contributed by atoms with Gasteiger partial charge in [0.1, 0.15) is 5.82 Å². The Kier molecular flexibility index (Phi) is 6.79. The van der Waals surface area contributed by atoms with Gasteiger partial charge in [0.25, 0.3) is 15.9 Å². The Balaban J connectivity index is 1.97. The van der Waals surface area contributed by atoms with Crippen LogP contribution in [0.4, 0.5) is 4.39 Å². The highest BCUT2D eigenvalue weighted by Gasteiger charge is 2.34. The number of aryl methyl sites for hydroxylation is 1. The van der Waals surface area contributed by atoms with Gasteiger partial charge in [0.2, 0.25) is 0 Å². The first-order valence-corrected chi connectivity index (χ1v) is 12.2. The molecule has 5 nitrogen and oxygen atoms in total. The Labute approximate surface area is 187 Å². The van der Waals surface area contributed by atoms with Gasteiger partial charge in [-0.3, -0.25) is 9.69 Å². The van der Waals surface area contributed by atoms with E-state index in [0.717, 1.165) is 23.7 Å². The zero-order valence-electron chi connectivity index (χ0n) is 15.7. The van der Waals surface area contributed by atoms with E-state index in [1.807, 2.05) is 29.5 Å². The summed E-state index contributed by atoms with van der Waals surface area (Å²) in [7, 11) is -3.98. The molecular formula is C20H18FIN2O3S2. The molecule has 9 heteroatoms. The number of benzene rings is 2. The lowest BCUT2D eigenvalue weighted by atomic mass is 10.2. The topological polar surface area (TPSA) is 66.8 Å². The van der Waals surface area contributed by atoms with E-state index >= 15 is 0 Å². The second-order valence-corrected chi connectivity index (χ2v) is 9.92. The average molecular weight is 544 g/mol. The Hall–Kier alpha value is -1.72. The second-order valence-electron chi connectivity index (χ2n) is 6.15. The number of thioether (sulfide) groups is 1. The normalized spacial score (nSPS) is 17.5. The minimum Gasteiger partial charge on any atom is -0.286 e. The lowest BCUT2D eigenvalue weighted by Crippen LogP contribution is -2.29. The number of amides is 1. The van der Waals surface area contributed by atoms with Gasteiger partial charge < -0.3 is 0 Å². The first-order valence-electron chi connectivity index (χ1n) is 8.86. The summed E-state index contributed by atoms with van der Waals surface area (Å²) in [6, 6.07) is 11.4. The number of amidine groups is 1. The minimum atomic E-state index is -3.98. The van der Waals surface area contributed by atoms with E-state index in [9.17, 15) is 17.6 Å². The fraction of sp³-hybridized carbons (Fsp3) is 0.200. The zero-order valence-corrected chi connectivity index (χ0v) is 19.5. The van der Waals surface area contributed by atoms with Crippen LogP contribution < -0.4 is 0 Å². The van der Waals surface area contributed by atoms with Crippen molar-refractivity contribution in [3.8, 4) is 0 Å². The summed E-state index contributed by atoms with van der Waals surface area (Å²) in [5, 5.41) is 0.0642. The zero-order chi connectivity index (χ0) is 21.2. The predicted octanol–water partition coefficient (Wildman–Crippen LogP) is 4.67. The summed E-state index contributed by atoms with van der Waals surface area (Å²) in [5.74, 6) is -0.822. The van der Waals surface area contributed by atoms with Crippen molar-refractivity contribution in [2.45, 2.75) is 25.2 Å². The van der Waals surface area contributed by atoms with Crippen LogP contribution in [0.25, 0.3) is 6.08 Å². The van der Waals surface area contributed by atoms with Crippen LogP contribution in [-0.4, -0.2) is 30.9 Å². The van der Waals surface area contributed by atoms with Crippen LogP contribution in [0.3, 0.4) is 0 Å². The highest BCUT2D eigenvalue weighted by atomic mass is 127. The van der Waals surface area contributed by atoms with Crippen LogP contribution in [0.2, 0.25) is 0 Å². The fourth-order valence-corrected chi connectivity index (χ4v) is 5.44. The molecule has 0 aromatic heterocycles. The maximum atomic E-state index is 14.3. The third-order valence-electron chi connectivity index (χ3n) is 4.30. The van der Waals surface area contributed by atoms with Gasteiger partial charge in [-0.15, -0.1) is 4.40 Å². The number of carbonyl (C=O) groups excluding carboxylic acids is 1. The van der Waals surface area contributed by atoms with Crippen LogP contribution in [0.15, 0.2) is 56.7 Å². The summed E-state index contributed by atoms with van der Waals surface area (Å²) in [6.07, 6.45) is 2.23. The summed E-state index contributed by atoms with van der Waals surface area (Å²) in [6.45, 7) is 3.96. The standard InChI is InChI=1S/C20H18FIN2O3S2/c1-3-13-8-10-15(11-9-13)29(26,27)23-20-24(4-2)19(25)17(28-20)12-14-6-5-7-16(22)18(14)21/h5-12H,3-4H2,1-2H3/b17-12-,23-20?. The highest BCUT2D eigenvalue weighted by Crippen LogP contribution is 2.34. The van der Waals surface area contributed by atoms with E-state index in [4.69, 9.17) is 0 Å². The number of nitrogens with zero attached hydrogens (tertiary/aromatic N) is 2. The molecule has 2 aromatic carbocycles. The molecule has 1 aliphatic heterocycles. The quantitative estimate of drug-likeness (QED) is 0.406. The average Bonchev–Trinajstić information content (AvgIpc) is 2.99. The molecule has 1 heterocycles.